The van der Waals surface area contributed by atoms with Crippen molar-refractivity contribution >= 4 is 21.7 Å². The lowest BCUT2D eigenvalue weighted by Crippen LogP contribution is -2.46. The van der Waals surface area contributed by atoms with Crippen molar-refractivity contribution in [2.75, 3.05) is 19.7 Å². The number of nitrogens with zero attached hydrogens (tertiary/aromatic N) is 4. The van der Waals surface area contributed by atoms with E-state index in [1.165, 1.54) is 11.3 Å². The number of piperidine rings is 1. The van der Waals surface area contributed by atoms with Gasteiger partial charge in [-0.25, -0.2) is 15.0 Å². The van der Waals surface area contributed by atoms with E-state index in [1.54, 1.807) is 0 Å². The molecule has 0 radical (unpaired) electrons. The van der Waals surface area contributed by atoms with Gasteiger partial charge in [-0.3, -0.25) is 4.90 Å². The summed E-state index contributed by atoms with van der Waals surface area (Å²) >= 11 is 1.47. The Balaban J connectivity index is 1.50. The summed E-state index contributed by atoms with van der Waals surface area (Å²) in [6.07, 6.45) is -1.80. The number of aliphatic hydroxyl groups excluding tert-OH is 1. The summed E-state index contributed by atoms with van der Waals surface area (Å²) < 4.78 is 38.9. The number of alkyl halides is 3. The third-order valence-electron chi connectivity index (χ3n) is 6.45. The zero-order valence-electron chi connectivity index (χ0n) is 17.0. The SMILES string of the molecule is Cc1nc(CN2CCC(O)(CO)CC2)c2nc(C3CCC(C(F)(F)F)CC3)sc2n1. The molecular formula is C20H27F3N4O2S. The van der Waals surface area contributed by atoms with Crippen molar-refractivity contribution in [2.24, 2.45) is 5.92 Å². The molecule has 1 aliphatic carbocycles. The fourth-order valence-electron chi connectivity index (χ4n) is 4.46. The molecule has 0 spiro atoms. The van der Waals surface area contributed by atoms with Gasteiger partial charge in [-0.2, -0.15) is 13.2 Å². The molecule has 2 aromatic heterocycles. The Hall–Kier alpha value is -1.36. The zero-order chi connectivity index (χ0) is 21.5. The number of thiazole rings is 1. The largest absolute Gasteiger partial charge is 0.393 e. The van der Waals surface area contributed by atoms with Crippen molar-refractivity contribution in [3.63, 3.8) is 0 Å². The molecule has 2 fully saturated rings. The number of aromatic nitrogens is 3. The summed E-state index contributed by atoms with van der Waals surface area (Å²) in [5.74, 6) is -0.500. The lowest BCUT2D eigenvalue weighted by atomic mass is 9.82. The predicted molar refractivity (Wildman–Crippen MR) is 107 cm³/mol. The van der Waals surface area contributed by atoms with Gasteiger partial charge in [-0.15, -0.1) is 0 Å². The average molecular weight is 445 g/mol. The van der Waals surface area contributed by atoms with E-state index in [0.717, 1.165) is 21.0 Å². The van der Waals surface area contributed by atoms with Crippen LogP contribution in [-0.2, 0) is 6.54 Å². The van der Waals surface area contributed by atoms with Gasteiger partial charge in [0.1, 0.15) is 16.2 Å². The van der Waals surface area contributed by atoms with Gasteiger partial charge in [0.15, 0.2) is 0 Å². The third kappa shape index (κ3) is 4.61. The number of hydrogen-bond donors (Lipinski definition) is 2. The molecule has 3 heterocycles. The van der Waals surface area contributed by atoms with Crippen LogP contribution < -0.4 is 0 Å². The van der Waals surface area contributed by atoms with Crippen LogP contribution in [0, 0.1) is 12.8 Å². The highest BCUT2D eigenvalue weighted by atomic mass is 32.1. The maximum absolute atomic E-state index is 13.0. The number of likely N-dealkylation sites (tertiary alicyclic amines) is 1. The normalized spacial score (nSPS) is 25.7. The van der Waals surface area contributed by atoms with Crippen LogP contribution >= 0.6 is 11.3 Å². The first-order valence-corrected chi connectivity index (χ1v) is 11.2. The highest BCUT2D eigenvalue weighted by Crippen LogP contribution is 2.44. The molecule has 166 valence electrons. The Morgan fingerprint density at radius 2 is 1.77 bits per heavy atom. The summed E-state index contributed by atoms with van der Waals surface area (Å²) in [4.78, 5) is 16.8. The first kappa shape index (κ1) is 21.9. The first-order valence-electron chi connectivity index (χ1n) is 10.4. The Labute approximate surface area is 177 Å². The van der Waals surface area contributed by atoms with Gasteiger partial charge in [0.25, 0.3) is 0 Å². The standard InChI is InChI=1S/C20H27F3N4O2S/c1-12-24-15(10-27-8-6-19(29,11-28)7-9-27)16-18(25-12)30-17(26-16)13-2-4-14(5-3-13)20(21,22)23/h13-14,28-29H,2-11H2,1H3. The third-order valence-corrected chi connectivity index (χ3v) is 7.56. The van der Waals surface area contributed by atoms with Crippen LogP contribution in [0.4, 0.5) is 13.2 Å². The fraction of sp³-hybridized carbons (Fsp3) is 0.750. The number of rotatable bonds is 4. The van der Waals surface area contributed by atoms with E-state index in [0.29, 0.717) is 51.1 Å². The quantitative estimate of drug-likeness (QED) is 0.751. The van der Waals surface area contributed by atoms with Crippen LogP contribution in [0.25, 0.3) is 10.3 Å². The van der Waals surface area contributed by atoms with Crippen LogP contribution in [0.5, 0.6) is 0 Å². The predicted octanol–water partition coefficient (Wildman–Crippen LogP) is 3.55. The second-order valence-electron chi connectivity index (χ2n) is 8.67. The second-order valence-corrected chi connectivity index (χ2v) is 9.68. The number of halogens is 3. The van der Waals surface area contributed by atoms with Gasteiger partial charge < -0.3 is 10.2 Å². The summed E-state index contributed by atoms with van der Waals surface area (Å²) in [7, 11) is 0. The summed E-state index contributed by atoms with van der Waals surface area (Å²) in [6.45, 7) is 3.48. The van der Waals surface area contributed by atoms with Crippen LogP contribution in [0.1, 0.15) is 61.0 Å². The van der Waals surface area contributed by atoms with E-state index in [9.17, 15) is 23.4 Å². The number of aryl methyl sites for hydroxylation is 1. The maximum Gasteiger partial charge on any atom is 0.391 e. The Bertz CT molecular complexity index is 888. The van der Waals surface area contributed by atoms with Crippen molar-refractivity contribution in [1.29, 1.82) is 0 Å². The monoisotopic (exact) mass is 444 g/mol. The van der Waals surface area contributed by atoms with Crippen LogP contribution in [0.2, 0.25) is 0 Å². The zero-order valence-corrected chi connectivity index (χ0v) is 17.8. The topological polar surface area (TPSA) is 82.4 Å². The summed E-state index contributed by atoms with van der Waals surface area (Å²) in [6, 6.07) is 0. The molecule has 30 heavy (non-hydrogen) atoms. The van der Waals surface area contributed by atoms with Crippen molar-refractivity contribution in [1.82, 2.24) is 19.9 Å². The lowest BCUT2D eigenvalue weighted by molar-refractivity contribution is -0.182. The van der Waals surface area contributed by atoms with E-state index in [2.05, 4.69) is 14.9 Å². The minimum Gasteiger partial charge on any atom is -0.393 e. The molecule has 2 aromatic rings. The van der Waals surface area contributed by atoms with Crippen LogP contribution in [0.3, 0.4) is 0 Å². The molecule has 0 bridgehead atoms. The number of fused-ring (bicyclic) bond motifs is 1. The van der Waals surface area contributed by atoms with Gasteiger partial charge in [-0.05, 0) is 45.4 Å². The van der Waals surface area contributed by atoms with Crippen molar-refractivity contribution in [3.05, 3.63) is 16.5 Å². The number of aliphatic hydroxyl groups is 2. The smallest absolute Gasteiger partial charge is 0.391 e. The van der Waals surface area contributed by atoms with Gasteiger partial charge in [0, 0.05) is 25.6 Å². The Morgan fingerprint density at radius 3 is 2.37 bits per heavy atom. The van der Waals surface area contributed by atoms with E-state index < -0.39 is 17.7 Å². The average Bonchev–Trinajstić information content (AvgIpc) is 3.13. The second kappa shape index (κ2) is 8.29. The van der Waals surface area contributed by atoms with Crippen LogP contribution in [-0.4, -0.2) is 61.5 Å². The van der Waals surface area contributed by atoms with Crippen molar-refractivity contribution < 1.29 is 23.4 Å². The molecule has 0 atom stereocenters. The minimum atomic E-state index is -4.11. The molecule has 0 amide bonds. The Morgan fingerprint density at radius 1 is 1.10 bits per heavy atom. The number of hydrogen-bond acceptors (Lipinski definition) is 7. The van der Waals surface area contributed by atoms with E-state index >= 15 is 0 Å². The summed E-state index contributed by atoms with van der Waals surface area (Å²) in [5, 5.41) is 20.4. The van der Waals surface area contributed by atoms with Gasteiger partial charge in [0.05, 0.1) is 28.8 Å². The molecule has 4 rings (SSSR count). The van der Waals surface area contributed by atoms with Gasteiger partial charge >= 0.3 is 6.18 Å². The maximum atomic E-state index is 13.0. The summed E-state index contributed by atoms with van der Waals surface area (Å²) in [5.41, 5.74) is 0.552. The molecule has 0 unspecified atom stereocenters. The lowest BCUT2D eigenvalue weighted by Gasteiger charge is -2.36. The van der Waals surface area contributed by atoms with E-state index in [4.69, 9.17) is 4.98 Å². The fourth-order valence-corrected chi connectivity index (χ4v) is 5.64. The highest BCUT2D eigenvalue weighted by molar-refractivity contribution is 7.18. The first-order chi connectivity index (χ1) is 14.2. The molecular weight excluding hydrogens is 417 g/mol. The Kier molecular flexibility index (Phi) is 6.04. The molecule has 1 saturated carbocycles. The molecule has 10 heteroatoms. The van der Waals surface area contributed by atoms with Crippen molar-refractivity contribution in [3.8, 4) is 0 Å². The minimum absolute atomic E-state index is 0.0468. The molecule has 1 saturated heterocycles. The van der Waals surface area contributed by atoms with E-state index in [-0.39, 0.29) is 25.4 Å². The van der Waals surface area contributed by atoms with E-state index in [1.807, 2.05) is 6.92 Å². The molecule has 6 nitrogen and oxygen atoms in total. The van der Waals surface area contributed by atoms with Crippen molar-refractivity contribution in [2.45, 2.75) is 69.7 Å². The molecule has 2 N–H and O–H groups in total. The molecule has 1 aliphatic heterocycles. The van der Waals surface area contributed by atoms with Gasteiger partial charge in [0.2, 0.25) is 0 Å². The van der Waals surface area contributed by atoms with Gasteiger partial charge in [-0.1, -0.05) is 11.3 Å². The highest BCUT2D eigenvalue weighted by Gasteiger charge is 2.42. The molecule has 2 aliphatic rings. The molecule has 0 aromatic carbocycles. The van der Waals surface area contributed by atoms with Crippen LogP contribution in [0.15, 0.2) is 0 Å².